The molecule has 0 bridgehead atoms. The largest absolute Gasteiger partial charge is 0.478 e. The fraction of sp³-hybridized carbons (Fsp3) is 0. The van der Waals surface area contributed by atoms with E-state index >= 15 is 0 Å². The lowest BCUT2D eigenvalue weighted by Gasteiger charge is -2.18. The summed E-state index contributed by atoms with van der Waals surface area (Å²) in [5.74, 6) is -2.46. The predicted molar refractivity (Wildman–Crippen MR) is 221 cm³/mol. The van der Waals surface area contributed by atoms with Crippen molar-refractivity contribution in [2.24, 2.45) is 0 Å². The van der Waals surface area contributed by atoms with Crippen LogP contribution >= 0.6 is 15.8 Å². The van der Waals surface area contributed by atoms with Gasteiger partial charge in [0.2, 0.25) is 0 Å². The Morgan fingerprint density at radius 3 is 0.596 bits per heavy atom. The topological polar surface area (TPSA) is 145 Å². The van der Waals surface area contributed by atoms with Gasteiger partial charge in [0.1, 0.15) is 0 Å². The molecule has 0 saturated heterocycles. The molecule has 0 aliphatic rings. The third kappa shape index (κ3) is 11.4. The molecule has 52 heavy (non-hydrogen) atoms. The molecule has 0 heterocycles. The molecule has 0 atom stereocenters. The van der Waals surface area contributed by atoms with Crippen molar-refractivity contribution in [3.8, 4) is 0 Å². The van der Waals surface area contributed by atoms with Crippen molar-refractivity contribution in [3.63, 3.8) is 0 Å². The molecule has 7 aromatic carbocycles. The lowest BCUT2D eigenvalue weighted by atomic mass is 10.1. The Kier molecular flexibility index (Phi) is 16.8. The quantitative estimate of drug-likeness (QED) is 0.116. The van der Waals surface area contributed by atoms with E-state index in [9.17, 15) is 9.59 Å². The maximum atomic E-state index is 10.5. The first-order valence-electron chi connectivity index (χ1n) is 16.0. The highest BCUT2D eigenvalue weighted by atomic mass is 31.1. The van der Waals surface area contributed by atoms with Crippen LogP contribution in [0, 0.1) is 0 Å². The van der Waals surface area contributed by atoms with E-state index in [4.69, 9.17) is 10.2 Å². The van der Waals surface area contributed by atoms with Crippen LogP contribution in [0.5, 0.6) is 0 Å². The third-order valence-corrected chi connectivity index (χ3v) is 12.4. The molecule has 0 spiro atoms. The molecular formula is C44H42N2O4P2. The molecule has 0 saturated carbocycles. The Morgan fingerprint density at radius 2 is 0.442 bits per heavy atom. The molecule has 7 aromatic rings. The number of hydrogen-bond donors (Lipinski definition) is 4. The van der Waals surface area contributed by atoms with Gasteiger partial charge in [-0.3, -0.25) is 0 Å². The van der Waals surface area contributed by atoms with Crippen molar-refractivity contribution < 1.29 is 19.8 Å². The highest BCUT2D eigenvalue weighted by Crippen LogP contribution is 2.33. The Bertz CT molecular complexity index is 1720. The first kappa shape index (κ1) is 40.7. The lowest BCUT2D eigenvalue weighted by molar-refractivity contribution is 0.0651. The highest BCUT2D eigenvalue weighted by Gasteiger charge is 2.16. The van der Waals surface area contributed by atoms with E-state index in [1.165, 1.54) is 56.1 Å². The molecule has 6 nitrogen and oxygen atoms in total. The molecule has 8 heteroatoms. The van der Waals surface area contributed by atoms with E-state index in [0.29, 0.717) is 0 Å². The summed E-state index contributed by atoms with van der Waals surface area (Å²) in [6.07, 6.45) is 0. The van der Waals surface area contributed by atoms with Crippen LogP contribution in [0.4, 0.5) is 0 Å². The lowest BCUT2D eigenvalue weighted by Crippen LogP contribution is -2.20. The molecule has 8 N–H and O–H groups in total. The Morgan fingerprint density at radius 1 is 0.288 bits per heavy atom. The summed E-state index contributed by atoms with van der Waals surface area (Å²) in [6.45, 7) is 0. The first-order valence-corrected chi connectivity index (χ1v) is 18.7. The molecular weight excluding hydrogens is 682 g/mol. The molecule has 0 amide bonds. The van der Waals surface area contributed by atoms with Crippen LogP contribution in [0.1, 0.15) is 20.7 Å². The summed E-state index contributed by atoms with van der Waals surface area (Å²) >= 11 is 0. The van der Waals surface area contributed by atoms with Gasteiger partial charge in [0.15, 0.2) is 0 Å². The minimum absolute atomic E-state index is 0. The molecule has 0 unspecified atom stereocenters. The number of rotatable bonds is 8. The van der Waals surface area contributed by atoms with Crippen LogP contribution in [-0.2, 0) is 0 Å². The fourth-order valence-corrected chi connectivity index (χ4v) is 9.82. The second-order valence-electron chi connectivity index (χ2n) is 10.8. The van der Waals surface area contributed by atoms with E-state index in [-0.39, 0.29) is 23.4 Å². The standard InChI is InChI=1S/2C18H15P.C8H6O4.2H3N/c2*1-4-10-16(11-5-1)19(17-12-6-2-7-13-17)18-14-8-3-9-15-18;9-7(10)5-3-1-2-4-6(5)8(11)12;;/h2*1-15H;1-4H,(H,9,10)(H,11,12);2*1H3. The van der Waals surface area contributed by atoms with Gasteiger partial charge in [-0.1, -0.05) is 194 Å². The van der Waals surface area contributed by atoms with E-state index in [0.717, 1.165) is 0 Å². The second-order valence-corrected chi connectivity index (χ2v) is 15.3. The first-order chi connectivity index (χ1) is 24.5. The van der Waals surface area contributed by atoms with Crippen molar-refractivity contribution in [1.82, 2.24) is 12.3 Å². The van der Waals surface area contributed by atoms with Crippen molar-refractivity contribution in [2.45, 2.75) is 0 Å². The van der Waals surface area contributed by atoms with Gasteiger partial charge >= 0.3 is 11.9 Å². The predicted octanol–water partition coefficient (Wildman–Crippen LogP) is 8.30. The number of carboxylic acid groups (broad SMARTS) is 2. The van der Waals surface area contributed by atoms with Crippen LogP contribution in [0.15, 0.2) is 206 Å². The summed E-state index contributed by atoms with van der Waals surface area (Å²) in [6, 6.07) is 70.1. The number of aromatic carboxylic acids is 2. The average Bonchev–Trinajstić information content (AvgIpc) is 3.18. The summed E-state index contributed by atoms with van der Waals surface area (Å²) < 4.78 is 0. The summed E-state index contributed by atoms with van der Waals surface area (Å²) in [5.41, 5.74) is -0.380. The summed E-state index contributed by atoms with van der Waals surface area (Å²) in [4.78, 5) is 20.9. The van der Waals surface area contributed by atoms with Gasteiger partial charge in [-0.25, -0.2) is 9.59 Å². The van der Waals surface area contributed by atoms with Gasteiger partial charge in [-0.05, 0) is 59.8 Å². The van der Waals surface area contributed by atoms with Crippen molar-refractivity contribution >= 4 is 59.6 Å². The van der Waals surface area contributed by atoms with Gasteiger partial charge in [0.25, 0.3) is 0 Å². The monoisotopic (exact) mass is 724 g/mol. The molecule has 0 fully saturated rings. The maximum absolute atomic E-state index is 10.5. The summed E-state index contributed by atoms with van der Waals surface area (Å²) in [5, 5.41) is 25.5. The number of carbonyl (C=O) groups is 2. The van der Waals surface area contributed by atoms with Gasteiger partial charge in [-0.2, -0.15) is 0 Å². The second kappa shape index (κ2) is 21.5. The van der Waals surface area contributed by atoms with Gasteiger partial charge in [-0.15, -0.1) is 0 Å². The van der Waals surface area contributed by atoms with Crippen LogP contribution in [0.3, 0.4) is 0 Å². The van der Waals surface area contributed by atoms with E-state index in [1.54, 1.807) is 0 Å². The normalized spacial score (nSPS) is 9.88. The molecule has 0 radical (unpaired) electrons. The SMILES string of the molecule is N.N.O=C(O)c1ccccc1C(=O)O.c1ccc(P(c2ccccc2)c2ccccc2)cc1.c1ccc(P(c2ccccc2)c2ccccc2)cc1. The minimum Gasteiger partial charge on any atom is -0.478 e. The van der Waals surface area contributed by atoms with Gasteiger partial charge in [0.05, 0.1) is 11.1 Å². The molecule has 262 valence electrons. The van der Waals surface area contributed by atoms with E-state index < -0.39 is 27.8 Å². The van der Waals surface area contributed by atoms with Gasteiger partial charge in [0, 0.05) is 0 Å². The molecule has 0 aliphatic heterocycles. The van der Waals surface area contributed by atoms with Crippen molar-refractivity contribution in [1.29, 1.82) is 0 Å². The summed E-state index contributed by atoms with van der Waals surface area (Å²) in [7, 11) is -0.892. The number of benzene rings is 7. The van der Waals surface area contributed by atoms with Crippen LogP contribution in [0.2, 0.25) is 0 Å². The Labute approximate surface area is 308 Å². The maximum Gasteiger partial charge on any atom is 0.336 e. The fourth-order valence-electron chi connectivity index (χ4n) is 5.21. The van der Waals surface area contributed by atoms with Crippen LogP contribution < -0.4 is 44.1 Å². The Hall–Kier alpha value is -5.74. The van der Waals surface area contributed by atoms with Crippen LogP contribution in [0.25, 0.3) is 0 Å². The molecule has 0 aromatic heterocycles. The number of carboxylic acids is 2. The zero-order chi connectivity index (χ0) is 35.0. The molecule has 0 aliphatic carbocycles. The number of hydrogen-bond acceptors (Lipinski definition) is 4. The van der Waals surface area contributed by atoms with E-state index in [1.807, 2.05) is 0 Å². The highest BCUT2D eigenvalue weighted by molar-refractivity contribution is 7.80. The smallest absolute Gasteiger partial charge is 0.336 e. The zero-order valence-electron chi connectivity index (χ0n) is 28.6. The zero-order valence-corrected chi connectivity index (χ0v) is 30.4. The Balaban J connectivity index is 0.000000212. The van der Waals surface area contributed by atoms with Gasteiger partial charge < -0.3 is 22.5 Å². The minimum atomic E-state index is -1.23. The van der Waals surface area contributed by atoms with Crippen molar-refractivity contribution in [2.75, 3.05) is 0 Å². The van der Waals surface area contributed by atoms with Crippen LogP contribution in [-0.4, -0.2) is 22.2 Å². The van der Waals surface area contributed by atoms with E-state index in [2.05, 4.69) is 182 Å². The third-order valence-electron chi connectivity index (χ3n) is 7.47. The molecule has 7 rings (SSSR count). The average molecular weight is 725 g/mol. The van der Waals surface area contributed by atoms with Crippen molar-refractivity contribution in [3.05, 3.63) is 217 Å².